The molecule has 0 bridgehead atoms. The molecule has 234 valence electrons. The number of carbonyl (C=O) groups is 5. The molecule has 5 atom stereocenters. The lowest BCUT2D eigenvalue weighted by Gasteiger charge is -2.44. The van der Waals surface area contributed by atoms with Crippen LogP contribution in [-0.2, 0) is 47.7 Å². The van der Waals surface area contributed by atoms with E-state index < -0.39 is 59.6 Å². The van der Waals surface area contributed by atoms with Crippen LogP contribution >= 0.6 is 23.1 Å². The van der Waals surface area contributed by atoms with Gasteiger partial charge < -0.3 is 28.4 Å². The first-order chi connectivity index (χ1) is 21.0. The third kappa shape index (κ3) is 8.03. The fraction of sp³-hybridized carbons (Fsp3) is 0.379. The summed E-state index contributed by atoms with van der Waals surface area (Å²) in [4.78, 5) is 68.6. The number of thiophene rings is 1. The molecule has 0 aliphatic carbocycles. The average Bonchev–Trinajstić information content (AvgIpc) is 3.58. The smallest absolute Gasteiger partial charge is 0.303 e. The van der Waals surface area contributed by atoms with Gasteiger partial charge >= 0.3 is 23.9 Å². The van der Waals surface area contributed by atoms with Crippen LogP contribution in [0, 0.1) is 0 Å². The van der Waals surface area contributed by atoms with Crippen molar-refractivity contribution in [3.05, 3.63) is 52.4 Å². The third-order valence-electron chi connectivity index (χ3n) is 6.15. The number of aliphatic imine (C=N–C) groups is 1. The molecule has 0 spiro atoms. The number of amidine groups is 1. The molecule has 13 nitrogen and oxygen atoms in total. The predicted molar refractivity (Wildman–Crippen MR) is 160 cm³/mol. The molecule has 15 heteroatoms. The number of nitrogens with zero attached hydrogens (tertiary/aromatic N) is 2. The number of carbonyl (C=O) groups excluding carboxylic acids is 5. The van der Waals surface area contributed by atoms with Crippen LogP contribution in [-0.4, -0.2) is 78.5 Å². The number of ether oxygens (including phenoxy) is 6. The number of hydrogen-bond donors (Lipinski definition) is 0. The van der Waals surface area contributed by atoms with Gasteiger partial charge in [-0.25, -0.2) is 4.99 Å². The molecule has 1 aromatic carbocycles. The minimum absolute atomic E-state index is 0.136. The van der Waals surface area contributed by atoms with Crippen molar-refractivity contribution in [3.63, 3.8) is 0 Å². The number of amides is 1. The minimum Gasteiger partial charge on any atom is -0.497 e. The second-order valence-electron chi connectivity index (χ2n) is 9.46. The topological polar surface area (TPSA) is 156 Å². The molecule has 0 saturated carbocycles. The van der Waals surface area contributed by atoms with E-state index in [0.29, 0.717) is 11.4 Å². The van der Waals surface area contributed by atoms with Crippen LogP contribution in [0.1, 0.15) is 32.6 Å². The SMILES string of the molecule is COc1ccc(N2C(=O)/C(=C/c3cccs3)N=C2S[C@@H]2O[C@H](COC(C)=O)[C@H](OC(C)=O)[C@H](OC(C)=O)[C@H]2OC(C)=O)cc1. The maximum Gasteiger partial charge on any atom is 0.303 e. The highest BCUT2D eigenvalue weighted by molar-refractivity contribution is 8.14. The van der Waals surface area contributed by atoms with E-state index in [1.165, 1.54) is 30.3 Å². The molecular weight excluding hydrogens is 616 g/mol. The second-order valence-corrected chi connectivity index (χ2v) is 11.5. The Morgan fingerprint density at radius 3 is 2.14 bits per heavy atom. The fourth-order valence-electron chi connectivity index (χ4n) is 4.43. The molecule has 0 radical (unpaired) electrons. The van der Waals surface area contributed by atoms with Gasteiger partial charge in [-0.1, -0.05) is 17.8 Å². The van der Waals surface area contributed by atoms with Crippen LogP contribution in [0.25, 0.3) is 6.08 Å². The van der Waals surface area contributed by atoms with Crippen molar-refractivity contribution in [1.82, 2.24) is 0 Å². The van der Waals surface area contributed by atoms with Gasteiger partial charge in [0, 0.05) is 32.6 Å². The lowest BCUT2D eigenvalue weighted by Crippen LogP contribution is -2.61. The van der Waals surface area contributed by atoms with Crippen LogP contribution in [0.3, 0.4) is 0 Å². The highest BCUT2D eigenvalue weighted by Gasteiger charge is 2.53. The van der Waals surface area contributed by atoms with Gasteiger partial charge in [0.2, 0.25) is 0 Å². The molecule has 2 aliphatic heterocycles. The standard InChI is InChI=1S/C29H30N2O11S2/c1-15(32)38-14-23-24(39-16(2)33)25(40-17(3)34)26(41-18(4)35)28(42-23)44-29-30-22(13-21-7-6-12-43-21)27(36)31(29)19-8-10-20(37-5)11-9-19/h6-13,23-26,28H,14H2,1-5H3/b22-13-/t23-,24+,25+,26-,28+/m1/s1. The van der Waals surface area contributed by atoms with E-state index in [1.54, 1.807) is 30.3 Å². The second kappa shape index (κ2) is 14.5. The molecule has 3 heterocycles. The monoisotopic (exact) mass is 646 g/mol. The Hall–Kier alpha value is -4.21. The number of thioether (sulfide) groups is 1. The highest BCUT2D eigenvalue weighted by atomic mass is 32.2. The Morgan fingerprint density at radius 2 is 1.57 bits per heavy atom. The molecule has 1 amide bonds. The summed E-state index contributed by atoms with van der Waals surface area (Å²) in [6.45, 7) is 4.24. The minimum atomic E-state index is -1.36. The first-order valence-electron chi connectivity index (χ1n) is 13.3. The molecule has 1 fully saturated rings. The lowest BCUT2D eigenvalue weighted by molar-refractivity contribution is -0.237. The van der Waals surface area contributed by atoms with Crippen molar-refractivity contribution in [1.29, 1.82) is 0 Å². The van der Waals surface area contributed by atoms with Crippen LogP contribution in [0.15, 0.2) is 52.5 Å². The van der Waals surface area contributed by atoms with Crippen molar-refractivity contribution in [2.24, 2.45) is 4.99 Å². The fourth-order valence-corrected chi connectivity index (χ4v) is 6.28. The normalized spacial score (nSPS) is 24.0. The van der Waals surface area contributed by atoms with Crippen LogP contribution < -0.4 is 9.64 Å². The van der Waals surface area contributed by atoms with E-state index in [1.807, 2.05) is 17.5 Å². The van der Waals surface area contributed by atoms with E-state index >= 15 is 0 Å². The third-order valence-corrected chi connectivity index (χ3v) is 8.07. The molecule has 44 heavy (non-hydrogen) atoms. The van der Waals surface area contributed by atoms with Gasteiger partial charge in [0.15, 0.2) is 28.9 Å². The number of anilines is 1. The van der Waals surface area contributed by atoms with E-state index in [9.17, 15) is 24.0 Å². The Balaban J connectivity index is 1.78. The molecule has 0 unspecified atom stereocenters. The summed E-state index contributed by atoms with van der Waals surface area (Å²) in [5.41, 5.74) is -0.581. The Labute approximate surface area is 261 Å². The van der Waals surface area contributed by atoms with Crippen molar-refractivity contribution in [2.75, 3.05) is 18.6 Å². The van der Waals surface area contributed by atoms with Crippen molar-refractivity contribution in [2.45, 2.75) is 57.5 Å². The largest absolute Gasteiger partial charge is 0.497 e. The van der Waals surface area contributed by atoms with Crippen LogP contribution in [0.4, 0.5) is 5.69 Å². The summed E-state index contributed by atoms with van der Waals surface area (Å²) >= 11 is 2.34. The molecule has 1 aromatic heterocycles. The number of benzene rings is 1. The first-order valence-corrected chi connectivity index (χ1v) is 15.0. The maximum atomic E-state index is 13.7. The molecule has 2 aromatic rings. The Bertz CT molecular complexity index is 1460. The molecule has 0 N–H and O–H groups in total. The highest BCUT2D eigenvalue weighted by Crippen LogP contribution is 2.39. The summed E-state index contributed by atoms with van der Waals surface area (Å²) in [5.74, 6) is -2.73. The van der Waals surface area contributed by atoms with E-state index in [2.05, 4.69) is 4.99 Å². The summed E-state index contributed by atoms with van der Waals surface area (Å²) in [5, 5.41) is 2.02. The lowest BCUT2D eigenvalue weighted by atomic mass is 9.99. The quantitative estimate of drug-likeness (QED) is 0.223. The Morgan fingerprint density at radius 1 is 0.932 bits per heavy atom. The first kappa shape index (κ1) is 32.7. The molecule has 4 rings (SSSR count). The summed E-state index contributed by atoms with van der Waals surface area (Å²) in [6.07, 6.45) is -3.51. The van der Waals surface area contributed by atoms with Gasteiger partial charge in [-0.2, -0.15) is 0 Å². The van der Waals surface area contributed by atoms with Crippen molar-refractivity contribution < 1.29 is 52.4 Å². The molecule has 2 aliphatic rings. The number of methoxy groups -OCH3 is 1. The van der Waals surface area contributed by atoms with E-state index in [4.69, 9.17) is 28.4 Å². The number of esters is 4. The molecule has 1 saturated heterocycles. The van der Waals surface area contributed by atoms with Gasteiger partial charge in [0.25, 0.3) is 5.91 Å². The van der Waals surface area contributed by atoms with E-state index in [0.717, 1.165) is 37.4 Å². The molecular formula is C29H30N2O11S2. The van der Waals surface area contributed by atoms with Gasteiger partial charge in [0.05, 0.1) is 12.8 Å². The van der Waals surface area contributed by atoms with Crippen LogP contribution in [0.2, 0.25) is 0 Å². The van der Waals surface area contributed by atoms with Crippen molar-refractivity contribution >= 4 is 69.8 Å². The summed E-state index contributed by atoms with van der Waals surface area (Å²) < 4.78 is 33.2. The number of rotatable bonds is 9. The van der Waals surface area contributed by atoms with Gasteiger partial charge in [0.1, 0.15) is 24.2 Å². The van der Waals surface area contributed by atoms with E-state index in [-0.39, 0.29) is 17.5 Å². The van der Waals surface area contributed by atoms with Gasteiger partial charge in [-0.15, -0.1) is 11.3 Å². The van der Waals surface area contributed by atoms with Gasteiger partial charge in [-0.3, -0.25) is 28.9 Å². The number of hydrogen-bond acceptors (Lipinski definition) is 14. The van der Waals surface area contributed by atoms with Crippen molar-refractivity contribution in [3.8, 4) is 5.75 Å². The zero-order valence-electron chi connectivity index (χ0n) is 24.4. The summed E-state index contributed by atoms with van der Waals surface area (Å²) in [7, 11) is 1.52. The zero-order chi connectivity index (χ0) is 32.0. The Kier molecular flexibility index (Phi) is 10.8. The maximum absolute atomic E-state index is 13.7. The summed E-state index contributed by atoms with van der Waals surface area (Å²) in [6, 6.07) is 10.4. The van der Waals surface area contributed by atoms with Gasteiger partial charge in [-0.05, 0) is 41.8 Å². The zero-order valence-corrected chi connectivity index (χ0v) is 26.0. The van der Waals surface area contributed by atoms with Crippen LogP contribution in [0.5, 0.6) is 5.75 Å². The average molecular weight is 647 g/mol. The predicted octanol–water partition coefficient (Wildman–Crippen LogP) is 3.32.